The summed E-state index contributed by atoms with van der Waals surface area (Å²) < 4.78 is 11.5. The van der Waals surface area contributed by atoms with Crippen molar-refractivity contribution in [2.75, 3.05) is 45.9 Å². The Bertz CT molecular complexity index is 954. The lowest BCUT2D eigenvalue weighted by Crippen LogP contribution is -2.44. The smallest absolute Gasteiger partial charge is 0.253 e. The maximum Gasteiger partial charge on any atom is 0.253 e. The van der Waals surface area contributed by atoms with Crippen molar-refractivity contribution in [1.29, 1.82) is 0 Å². The van der Waals surface area contributed by atoms with E-state index < -0.39 is 0 Å². The van der Waals surface area contributed by atoms with Crippen molar-refractivity contribution >= 4 is 28.2 Å². The molecule has 1 saturated heterocycles. The summed E-state index contributed by atoms with van der Waals surface area (Å²) in [4.78, 5) is 20.3. The quantitative estimate of drug-likeness (QED) is 0.360. The Hall–Kier alpha value is -2.16. The fraction of sp³-hybridized carbons (Fsp3) is 0.600. The fourth-order valence-corrected chi connectivity index (χ4v) is 4.45. The average molecular weight is 475 g/mol. The van der Waals surface area contributed by atoms with Gasteiger partial charge in [0, 0.05) is 36.2 Å². The topological polar surface area (TPSA) is 69.8 Å². The zero-order chi connectivity index (χ0) is 23.6. The summed E-state index contributed by atoms with van der Waals surface area (Å²) in [5.41, 5.74) is 1.39. The van der Waals surface area contributed by atoms with Gasteiger partial charge in [0.2, 0.25) is 0 Å². The van der Waals surface area contributed by atoms with Crippen LogP contribution in [0.5, 0.6) is 5.75 Å². The van der Waals surface area contributed by atoms with Crippen LogP contribution in [0.25, 0.3) is 10.9 Å². The monoisotopic (exact) mass is 474 g/mol. The van der Waals surface area contributed by atoms with E-state index in [0.29, 0.717) is 30.4 Å². The fourth-order valence-electron chi connectivity index (χ4n) is 4.21. The van der Waals surface area contributed by atoms with Gasteiger partial charge in [-0.05, 0) is 82.3 Å². The molecule has 1 aliphatic rings. The molecule has 2 N–H and O–H groups in total. The first-order chi connectivity index (χ1) is 16.0. The van der Waals surface area contributed by atoms with Crippen molar-refractivity contribution in [1.82, 2.24) is 20.1 Å². The number of pyridine rings is 1. The summed E-state index contributed by atoms with van der Waals surface area (Å²) in [5, 5.41) is 5.03. The molecule has 3 rings (SSSR count). The van der Waals surface area contributed by atoms with Gasteiger partial charge in [-0.1, -0.05) is 13.8 Å². The van der Waals surface area contributed by atoms with E-state index in [1.165, 1.54) is 0 Å². The van der Waals surface area contributed by atoms with Crippen LogP contribution in [-0.2, 0) is 11.3 Å². The largest absolute Gasteiger partial charge is 0.494 e. The Labute approximate surface area is 202 Å². The normalized spacial score (nSPS) is 15.8. The SMILES string of the molecule is CCOc1ccc2[nH]c(=O)c(CN(C[C@@H]3CCCO3)C(=S)NCCCN(CC)CC)cc2c1. The molecule has 1 atom stereocenters. The Morgan fingerprint density at radius 1 is 1.27 bits per heavy atom. The summed E-state index contributed by atoms with van der Waals surface area (Å²) in [6.45, 7) is 12.8. The molecule has 0 radical (unpaired) electrons. The van der Waals surface area contributed by atoms with E-state index in [-0.39, 0.29) is 11.7 Å². The minimum absolute atomic E-state index is 0.0895. The first-order valence-electron chi connectivity index (χ1n) is 12.2. The van der Waals surface area contributed by atoms with Crippen LogP contribution in [0.1, 0.15) is 45.6 Å². The molecule has 1 aromatic heterocycles. The number of nitrogens with one attached hydrogen (secondary N) is 2. The van der Waals surface area contributed by atoms with Gasteiger partial charge >= 0.3 is 0 Å². The highest BCUT2D eigenvalue weighted by Gasteiger charge is 2.22. The zero-order valence-electron chi connectivity index (χ0n) is 20.2. The Kier molecular flexibility index (Phi) is 9.96. The Balaban J connectivity index is 1.72. The molecule has 0 bridgehead atoms. The second kappa shape index (κ2) is 12.9. The molecule has 2 aromatic rings. The second-order valence-electron chi connectivity index (χ2n) is 8.43. The molecule has 0 spiro atoms. The van der Waals surface area contributed by atoms with Gasteiger partial charge in [0.25, 0.3) is 5.56 Å². The van der Waals surface area contributed by atoms with Crippen molar-refractivity contribution in [3.8, 4) is 5.75 Å². The number of ether oxygens (including phenoxy) is 2. The van der Waals surface area contributed by atoms with Crippen molar-refractivity contribution in [3.63, 3.8) is 0 Å². The van der Waals surface area contributed by atoms with E-state index in [0.717, 1.165) is 68.7 Å². The minimum atomic E-state index is -0.0895. The maximum atomic E-state index is 12.8. The zero-order valence-corrected chi connectivity index (χ0v) is 21.0. The van der Waals surface area contributed by atoms with Gasteiger partial charge in [-0.3, -0.25) is 4.79 Å². The third-order valence-corrected chi connectivity index (χ3v) is 6.52. The highest BCUT2D eigenvalue weighted by molar-refractivity contribution is 7.80. The van der Waals surface area contributed by atoms with E-state index in [9.17, 15) is 4.79 Å². The number of benzene rings is 1. The van der Waals surface area contributed by atoms with Gasteiger partial charge in [-0.2, -0.15) is 0 Å². The molecular formula is C25H38N4O3S. The number of H-pyrrole nitrogens is 1. The number of nitrogens with zero attached hydrogens (tertiary/aromatic N) is 2. The van der Waals surface area contributed by atoms with Crippen LogP contribution in [0.4, 0.5) is 0 Å². The van der Waals surface area contributed by atoms with E-state index in [2.05, 4.69) is 33.9 Å². The molecule has 2 heterocycles. The van der Waals surface area contributed by atoms with E-state index >= 15 is 0 Å². The average Bonchev–Trinajstić information content (AvgIpc) is 3.32. The predicted octanol–water partition coefficient (Wildman–Crippen LogP) is 3.51. The molecular weight excluding hydrogens is 436 g/mol. The van der Waals surface area contributed by atoms with E-state index in [1.54, 1.807) is 0 Å². The predicted molar refractivity (Wildman–Crippen MR) is 138 cm³/mol. The van der Waals surface area contributed by atoms with Gasteiger partial charge in [-0.15, -0.1) is 0 Å². The maximum absolute atomic E-state index is 12.8. The number of hydrogen-bond acceptors (Lipinski definition) is 5. The summed E-state index contributed by atoms with van der Waals surface area (Å²) in [5.74, 6) is 0.796. The van der Waals surface area contributed by atoms with Gasteiger partial charge in [-0.25, -0.2) is 0 Å². The molecule has 33 heavy (non-hydrogen) atoms. The van der Waals surface area contributed by atoms with Crippen LogP contribution in [0.3, 0.4) is 0 Å². The Morgan fingerprint density at radius 3 is 2.79 bits per heavy atom. The van der Waals surface area contributed by atoms with Crippen molar-refractivity contribution < 1.29 is 9.47 Å². The minimum Gasteiger partial charge on any atom is -0.494 e. The molecule has 0 saturated carbocycles. The van der Waals surface area contributed by atoms with Crippen molar-refractivity contribution in [2.45, 2.75) is 52.7 Å². The first kappa shape index (κ1) is 25.5. The van der Waals surface area contributed by atoms with E-state index in [1.807, 2.05) is 31.2 Å². The molecule has 0 amide bonds. The summed E-state index contributed by atoms with van der Waals surface area (Å²) in [6, 6.07) is 7.68. The molecule has 1 aliphatic heterocycles. The van der Waals surface area contributed by atoms with Gasteiger partial charge in [0.1, 0.15) is 5.75 Å². The van der Waals surface area contributed by atoms with Crippen LogP contribution < -0.4 is 15.6 Å². The molecule has 0 unspecified atom stereocenters. The van der Waals surface area contributed by atoms with Crippen LogP contribution >= 0.6 is 12.2 Å². The lowest BCUT2D eigenvalue weighted by atomic mass is 10.1. The number of fused-ring (bicyclic) bond motifs is 1. The van der Waals surface area contributed by atoms with Crippen LogP contribution in [-0.4, -0.2) is 71.9 Å². The van der Waals surface area contributed by atoms with Gasteiger partial charge < -0.3 is 29.6 Å². The summed E-state index contributed by atoms with van der Waals surface area (Å²) in [7, 11) is 0. The third-order valence-electron chi connectivity index (χ3n) is 6.12. The lowest BCUT2D eigenvalue weighted by Gasteiger charge is -2.28. The van der Waals surface area contributed by atoms with Crippen molar-refractivity contribution in [3.05, 3.63) is 40.2 Å². The molecule has 182 valence electrons. The third kappa shape index (κ3) is 7.42. The van der Waals surface area contributed by atoms with Crippen molar-refractivity contribution in [2.24, 2.45) is 0 Å². The summed E-state index contributed by atoms with van der Waals surface area (Å²) in [6.07, 6.45) is 3.25. The summed E-state index contributed by atoms with van der Waals surface area (Å²) >= 11 is 5.75. The second-order valence-corrected chi connectivity index (χ2v) is 8.82. The highest BCUT2D eigenvalue weighted by Crippen LogP contribution is 2.20. The van der Waals surface area contributed by atoms with Crippen LogP contribution in [0.2, 0.25) is 0 Å². The molecule has 1 fully saturated rings. The van der Waals surface area contributed by atoms with E-state index in [4.69, 9.17) is 21.7 Å². The number of thiocarbonyl (C=S) groups is 1. The lowest BCUT2D eigenvalue weighted by molar-refractivity contribution is 0.0896. The number of aromatic nitrogens is 1. The molecule has 0 aliphatic carbocycles. The van der Waals surface area contributed by atoms with Gasteiger partial charge in [0.05, 0.1) is 19.3 Å². The van der Waals surface area contributed by atoms with Crippen LogP contribution in [0.15, 0.2) is 29.1 Å². The molecule has 8 heteroatoms. The highest BCUT2D eigenvalue weighted by atomic mass is 32.1. The standard InChI is InChI=1S/C25H38N4O3S/c1-4-28(5-2)13-8-12-26-25(33)29(18-22-9-7-14-32-22)17-20-15-19-16-21(31-6-3)10-11-23(19)27-24(20)30/h10-11,15-16,22H,4-9,12-14,17-18H2,1-3H3,(H,26,33)(H,27,30)/t22-/m0/s1. The molecule has 7 nitrogen and oxygen atoms in total. The molecule has 1 aromatic carbocycles. The number of aromatic amines is 1. The Morgan fingerprint density at radius 2 is 2.09 bits per heavy atom. The van der Waals surface area contributed by atoms with Gasteiger partial charge in [0.15, 0.2) is 5.11 Å². The first-order valence-corrected chi connectivity index (χ1v) is 12.6. The number of rotatable bonds is 12. The van der Waals surface area contributed by atoms with Crippen LogP contribution in [0, 0.1) is 0 Å². The number of hydrogen-bond donors (Lipinski definition) is 2.